The number of rotatable bonds is 6. The van der Waals surface area contributed by atoms with Crippen molar-refractivity contribution in [2.24, 2.45) is 0 Å². The largest absolute Gasteiger partial charge is 0.504 e. The number of imide groups is 1. The van der Waals surface area contributed by atoms with Crippen molar-refractivity contribution in [3.8, 4) is 11.5 Å². The monoisotopic (exact) mass is 367 g/mol. The van der Waals surface area contributed by atoms with Crippen LogP contribution in [-0.2, 0) is 9.53 Å². The van der Waals surface area contributed by atoms with Crippen LogP contribution in [0.2, 0.25) is 0 Å². The van der Waals surface area contributed by atoms with E-state index in [2.05, 4.69) is 0 Å². The van der Waals surface area contributed by atoms with Crippen LogP contribution in [0.25, 0.3) is 6.08 Å². The predicted molar refractivity (Wildman–Crippen MR) is 96.5 cm³/mol. The number of amides is 2. The molecule has 0 saturated heterocycles. The quantitative estimate of drug-likeness (QED) is 0.478. The number of hydrogen-bond donors (Lipinski definition) is 1. The van der Waals surface area contributed by atoms with E-state index in [0.29, 0.717) is 16.7 Å². The van der Waals surface area contributed by atoms with Crippen LogP contribution in [0.3, 0.4) is 0 Å². The van der Waals surface area contributed by atoms with Gasteiger partial charge in [-0.05, 0) is 35.9 Å². The third-order valence-electron chi connectivity index (χ3n) is 4.05. The summed E-state index contributed by atoms with van der Waals surface area (Å²) in [5.74, 6) is -1.11. The number of aromatic hydroxyl groups is 1. The van der Waals surface area contributed by atoms with E-state index in [-0.39, 0.29) is 24.7 Å². The van der Waals surface area contributed by atoms with Crippen LogP contribution in [0.1, 0.15) is 26.3 Å². The summed E-state index contributed by atoms with van der Waals surface area (Å²) in [6, 6.07) is 11.2. The Hall–Kier alpha value is -3.61. The van der Waals surface area contributed by atoms with E-state index in [1.165, 1.54) is 25.3 Å². The maximum absolute atomic E-state index is 12.2. The molecule has 0 saturated carbocycles. The number of hydrogen-bond acceptors (Lipinski definition) is 6. The number of benzene rings is 2. The first kappa shape index (κ1) is 18.2. The highest BCUT2D eigenvalue weighted by molar-refractivity contribution is 6.21. The number of fused-ring (bicyclic) bond motifs is 1. The lowest BCUT2D eigenvalue weighted by Crippen LogP contribution is -2.33. The highest BCUT2D eigenvalue weighted by Gasteiger charge is 2.34. The Kier molecular flexibility index (Phi) is 5.21. The topological polar surface area (TPSA) is 93.1 Å². The molecule has 0 aliphatic carbocycles. The zero-order chi connectivity index (χ0) is 19.4. The molecule has 0 fully saturated rings. The molecule has 1 aliphatic rings. The number of carbonyl (C=O) groups is 3. The van der Waals surface area contributed by atoms with Gasteiger partial charge in [0.25, 0.3) is 11.8 Å². The molecule has 0 bridgehead atoms. The van der Waals surface area contributed by atoms with E-state index in [9.17, 15) is 19.5 Å². The number of esters is 1. The van der Waals surface area contributed by atoms with Crippen LogP contribution in [0.15, 0.2) is 48.5 Å². The van der Waals surface area contributed by atoms with Crippen molar-refractivity contribution in [2.75, 3.05) is 20.3 Å². The molecule has 1 N–H and O–H groups in total. The van der Waals surface area contributed by atoms with Crippen molar-refractivity contribution in [3.63, 3.8) is 0 Å². The van der Waals surface area contributed by atoms with Gasteiger partial charge in [0.05, 0.1) is 24.8 Å². The lowest BCUT2D eigenvalue weighted by atomic mass is 10.1. The van der Waals surface area contributed by atoms with Crippen molar-refractivity contribution in [1.29, 1.82) is 0 Å². The first-order valence-electron chi connectivity index (χ1n) is 8.18. The molecule has 0 radical (unpaired) electrons. The van der Waals surface area contributed by atoms with E-state index in [1.807, 2.05) is 0 Å². The van der Waals surface area contributed by atoms with Crippen molar-refractivity contribution < 1.29 is 29.0 Å². The van der Waals surface area contributed by atoms with Gasteiger partial charge >= 0.3 is 5.97 Å². The van der Waals surface area contributed by atoms with Gasteiger partial charge < -0.3 is 14.6 Å². The van der Waals surface area contributed by atoms with Gasteiger partial charge in [-0.2, -0.15) is 0 Å². The fourth-order valence-electron chi connectivity index (χ4n) is 2.69. The van der Waals surface area contributed by atoms with Crippen molar-refractivity contribution >= 4 is 23.9 Å². The molecular weight excluding hydrogens is 350 g/mol. The van der Waals surface area contributed by atoms with Crippen molar-refractivity contribution in [1.82, 2.24) is 4.90 Å². The number of ether oxygens (including phenoxy) is 2. The fraction of sp³-hybridized carbons (Fsp3) is 0.150. The molecule has 27 heavy (non-hydrogen) atoms. The second-order valence-electron chi connectivity index (χ2n) is 5.74. The molecule has 2 aromatic rings. The third kappa shape index (κ3) is 3.82. The van der Waals surface area contributed by atoms with Crippen molar-refractivity contribution in [2.45, 2.75) is 0 Å². The minimum absolute atomic E-state index is 0.00169. The van der Waals surface area contributed by atoms with E-state index >= 15 is 0 Å². The zero-order valence-corrected chi connectivity index (χ0v) is 14.5. The molecule has 2 amide bonds. The van der Waals surface area contributed by atoms with Gasteiger partial charge in [-0.3, -0.25) is 14.5 Å². The average Bonchev–Trinajstić information content (AvgIpc) is 2.92. The zero-order valence-electron chi connectivity index (χ0n) is 14.5. The molecule has 0 aromatic heterocycles. The summed E-state index contributed by atoms with van der Waals surface area (Å²) < 4.78 is 10.0. The van der Waals surface area contributed by atoms with Crippen LogP contribution in [0.5, 0.6) is 11.5 Å². The maximum atomic E-state index is 12.2. The summed E-state index contributed by atoms with van der Waals surface area (Å²) >= 11 is 0. The Morgan fingerprint density at radius 2 is 1.78 bits per heavy atom. The highest BCUT2D eigenvalue weighted by Crippen LogP contribution is 2.26. The normalized spacial score (nSPS) is 13.1. The number of phenolic OH excluding ortho intramolecular Hbond substituents is 1. The molecule has 1 heterocycles. The Morgan fingerprint density at radius 1 is 1.11 bits per heavy atom. The lowest BCUT2D eigenvalue weighted by molar-refractivity contribution is -0.137. The van der Waals surface area contributed by atoms with Crippen LogP contribution in [0, 0.1) is 0 Å². The second kappa shape index (κ2) is 7.74. The predicted octanol–water partition coefficient (Wildman–Crippen LogP) is 2.25. The molecule has 0 unspecified atom stereocenters. The number of methoxy groups -OCH3 is 1. The first-order chi connectivity index (χ1) is 13.0. The van der Waals surface area contributed by atoms with Gasteiger partial charge in [0.1, 0.15) is 6.61 Å². The Bertz CT molecular complexity index is 899. The van der Waals surface area contributed by atoms with Crippen molar-refractivity contribution in [3.05, 3.63) is 65.2 Å². The minimum atomic E-state index is -0.612. The van der Waals surface area contributed by atoms with Crippen LogP contribution in [-0.4, -0.2) is 48.1 Å². The van der Waals surface area contributed by atoms with E-state index in [0.717, 1.165) is 4.90 Å². The molecule has 7 nitrogen and oxygen atoms in total. The van der Waals surface area contributed by atoms with Gasteiger partial charge in [-0.25, -0.2) is 4.79 Å². The maximum Gasteiger partial charge on any atom is 0.330 e. The Balaban J connectivity index is 1.53. The first-order valence-corrected chi connectivity index (χ1v) is 8.18. The average molecular weight is 367 g/mol. The fourth-order valence-corrected chi connectivity index (χ4v) is 2.69. The van der Waals surface area contributed by atoms with Gasteiger partial charge in [0.2, 0.25) is 0 Å². The molecular formula is C20H17NO6. The summed E-state index contributed by atoms with van der Waals surface area (Å²) in [6.45, 7) is -0.119. The lowest BCUT2D eigenvalue weighted by Gasteiger charge is -2.13. The SMILES string of the molecule is COc1cc(/C=C/C(=O)OCCN2C(=O)c3ccccc3C2=O)ccc1O. The summed E-state index contributed by atoms with van der Waals surface area (Å²) in [4.78, 5) is 37.3. The summed E-state index contributed by atoms with van der Waals surface area (Å²) in [6.07, 6.45) is 2.72. The van der Waals surface area contributed by atoms with E-state index < -0.39 is 17.8 Å². The number of phenols is 1. The van der Waals surface area contributed by atoms with Gasteiger partial charge in [-0.15, -0.1) is 0 Å². The van der Waals surface area contributed by atoms with Gasteiger partial charge in [0.15, 0.2) is 11.5 Å². The smallest absolute Gasteiger partial charge is 0.330 e. The second-order valence-corrected chi connectivity index (χ2v) is 5.74. The Labute approximate surface area is 155 Å². The summed E-state index contributed by atoms with van der Waals surface area (Å²) in [7, 11) is 1.43. The third-order valence-corrected chi connectivity index (χ3v) is 4.05. The van der Waals surface area contributed by atoms with Gasteiger partial charge in [0, 0.05) is 6.08 Å². The standard InChI is InChI=1S/C20H17NO6/c1-26-17-12-13(6-8-16(17)22)7-9-18(23)27-11-10-21-19(24)14-4-2-3-5-15(14)20(21)25/h2-9,12,22H,10-11H2,1H3/b9-7+. The highest BCUT2D eigenvalue weighted by atomic mass is 16.5. The molecule has 0 spiro atoms. The number of nitrogens with zero attached hydrogens (tertiary/aromatic N) is 1. The van der Waals surface area contributed by atoms with E-state index in [1.54, 1.807) is 36.4 Å². The minimum Gasteiger partial charge on any atom is -0.504 e. The molecule has 0 atom stereocenters. The molecule has 7 heteroatoms. The number of carbonyl (C=O) groups excluding carboxylic acids is 3. The summed E-state index contributed by atoms with van der Waals surface area (Å²) in [5, 5.41) is 9.54. The van der Waals surface area contributed by atoms with Gasteiger partial charge in [-0.1, -0.05) is 18.2 Å². The van der Waals surface area contributed by atoms with Crippen LogP contribution >= 0.6 is 0 Å². The molecule has 3 rings (SSSR count). The van der Waals surface area contributed by atoms with Crippen LogP contribution in [0.4, 0.5) is 0 Å². The summed E-state index contributed by atoms with van der Waals surface area (Å²) in [5.41, 5.74) is 1.35. The Morgan fingerprint density at radius 3 is 2.41 bits per heavy atom. The van der Waals surface area contributed by atoms with Crippen LogP contribution < -0.4 is 4.74 Å². The molecule has 2 aromatic carbocycles. The molecule has 1 aliphatic heterocycles. The van der Waals surface area contributed by atoms with E-state index in [4.69, 9.17) is 9.47 Å². The molecule has 138 valence electrons.